The number of hydrogen-bond donors (Lipinski definition) is 1. The Morgan fingerprint density at radius 3 is 2.38 bits per heavy atom. The minimum atomic E-state index is -4.86. The minimum Gasteiger partial charge on any atom is -0.406 e. The second-order valence-corrected chi connectivity index (χ2v) is 8.94. The summed E-state index contributed by atoms with van der Waals surface area (Å²) in [5, 5.41) is 2.71. The summed E-state index contributed by atoms with van der Waals surface area (Å²) in [7, 11) is 0. The molecule has 1 aromatic heterocycles. The van der Waals surface area contributed by atoms with Crippen molar-refractivity contribution in [2.75, 3.05) is 15.1 Å². The standard InChI is InChI=1S/C26H21F3N4O4/c1-16-15-25(16)23(35)32(18-7-9-20(10-8-18)37-26(27,28)29)24(36)33(25)19-11-12-30-21(14-19)31-22(34)13-17-5-3-2-4-6-17/h2-12,14,16H,13,15H2,1H3,(H,30,31,34). The Hall–Kier alpha value is -4.41. The summed E-state index contributed by atoms with van der Waals surface area (Å²) in [6, 6.07) is 16.1. The molecule has 2 aromatic carbocycles. The van der Waals surface area contributed by atoms with Crippen LogP contribution < -0.4 is 19.9 Å². The number of carbonyl (C=O) groups is 3. The predicted molar refractivity (Wildman–Crippen MR) is 128 cm³/mol. The molecule has 1 N–H and O–H groups in total. The molecule has 2 aliphatic rings. The number of carbonyl (C=O) groups excluding carboxylic acids is 3. The number of ether oxygens (including phenoxy) is 1. The molecule has 3 aromatic rings. The van der Waals surface area contributed by atoms with E-state index in [2.05, 4.69) is 15.0 Å². The van der Waals surface area contributed by atoms with Crippen LogP contribution in [-0.4, -0.2) is 34.7 Å². The number of anilines is 3. The van der Waals surface area contributed by atoms with Gasteiger partial charge in [0.05, 0.1) is 17.8 Å². The monoisotopic (exact) mass is 510 g/mol. The lowest BCUT2D eigenvalue weighted by atomic mass is 10.1. The van der Waals surface area contributed by atoms with Gasteiger partial charge in [-0.3, -0.25) is 14.5 Å². The molecule has 1 spiro atoms. The molecule has 11 heteroatoms. The van der Waals surface area contributed by atoms with E-state index in [1.54, 1.807) is 6.07 Å². The third-order valence-electron chi connectivity index (χ3n) is 6.43. The highest BCUT2D eigenvalue weighted by atomic mass is 19.4. The van der Waals surface area contributed by atoms with E-state index in [4.69, 9.17) is 0 Å². The Labute approximate surface area is 209 Å². The fourth-order valence-corrected chi connectivity index (χ4v) is 4.62. The summed E-state index contributed by atoms with van der Waals surface area (Å²) >= 11 is 0. The summed E-state index contributed by atoms with van der Waals surface area (Å²) in [6.07, 6.45) is -2.88. The van der Waals surface area contributed by atoms with Gasteiger partial charge in [0, 0.05) is 12.3 Å². The van der Waals surface area contributed by atoms with Crippen molar-refractivity contribution >= 4 is 35.0 Å². The number of nitrogens with zero attached hydrogens (tertiary/aromatic N) is 3. The second kappa shape index (κ2) is 8.91. The van der Waals surface area contributed by atoms with Crippen LogP contribution in [0.15, 0.2) is 72.9 Å². The fraction of sp³-hybridized carbons (Fsp3) is 0.231. The van der Waals surface area contributed by atoms with Crippen LogP contribution in [0.5, 0.6) is 5.75 Å². The van der Waals surface area contributed by atoms with Gasteiger partial charge in [-0.25, -0.2) is 14.7 Å². The van der Waals surface area contributed by atoms with Gasteiger partial charge in [0.2, 0.25) is 5.91 Å². The summed E-state index contributed by atoms with van der Waals surface area (Å²) < 4.78 is 41.4. The number of benzene rings is 2. The first-order chi connectivity index (χ1) is 17.6. The molecule has 2 atom stereocenters. The topological polar surface area (TPSA) is 91.8 Å². The van der Waals surface area contributed by atoms with E-state index in [0.29, 0.717) is 12.1 Å². The Morgan fingerprint density at radius 1 is 1.08 bits per heavy atom. The number of rotatable bonds is 6. The Kier molecular flexibility index (Phi) is 5.85. The molecule has 8 nitrogen and oxygen atoms in total. The highest BCUT2D eigenvalue weighted by molar-refractivity contribution is 6.32. The second-order valence-electron chi connectivity index (χ2n) is 8.94. The molecule has 2 unspecified atom stereocenters. The highest BCUT2D eigenvalue weighted by Gasteiger charge is 2.70. The van der Waals surface area contributed by atoms with Gasteiger partial charge in [0.25, 0.3) is 5.91 Å². The smallest absolute Gasteiger partial charge is 0.406 e. The molecule has 1 saturated carbocycles. The van der Waals surface area contributed by atoms with Gasteiger partial charge in [-0.05, 0) is 48.2 Å². The van der Waals surface area contributed by atoms with Crippen LogP contribution in [0, 0.1) is 5.92 Å². The van der Waals surface area contributed by atoms with Crippen molar-refractivity contribution in [3.63, 3.8) is 0 Å². The Balaban J connectivity index is 1.39. The molecule has 1 saturated heterocycles. The number of hydrogen-bond acceptors (Lipinski definition) is 5. The largest absolute Gasteiger partial charge is 0.573 e. The Morgan fingerprint density at radius 2 is 1.76 bits per heavy atom. The van der Waals surface area contributed by atoms with Gasteiger partial charge < -0.3 is 10.1 Å². The summed E-state index contributed by atoms with van der Waals surface area (Å²) in [4.78, 5) is 45.9. The SMILES string of the molecule is CC1CC12C(=O)N(c1ccc(OC(F)(F)F)cc1)C(=O)N2c1ccnc(NC(=O)Cc2ccccc2)c1. The van der Waals surface area contributed by atoms with Gasteiger partial charge in [0.1, 0.15) is 17.1 Å². The van der Waals surface area contributed by atoms with E-state index in [0.717, 1.165) is 22.6 Å². The zero-order valence-corrected chi connectivity index (χ0v) is 19.5. The van der Waals surface area contributed by atoms with Gasteiger partial charge >= 0.3 is 12.4 Å². The van der Waals surface area contributed by atoms with Crippen LogP contribution in [0.25, 0.3) is 0 Å². The molecule has 5 rings (SSSR count). The predicted octanol–water partition coefficient (Wildman–Crippen LogP) is 4.91. The number of pyridine rings is 1. The number of nitrogens with one attached hydrogen (secondary N) is 1. The van der Waals surface area contributed by atoms with Gasteiger partial charge in [-0.1, -0.05) is 37.3 Å². The van der Waals surface area contributed by atoms with E-state index in [9.17, 15) is 27.6 Å². The fourth-order valence-electron chi connectivity index (χ4n) is 4.62. The number of imide groups is 1. The van der Waals surface area contributed by atoms with Gasteiger partial charge in [-0.15, -0.1) is 13.2 Å². The number of amides is 4. The van der Waals surface area contributed by atoms with Crippen LogP contribution in [0.2, 0.25) is 0 Å². The van der Waals surface area contributed by atoms with E-state index in [1.165, 1.54) is 29.3 Å². The number of aromatic nitrogens is 1. The lowest BCUT2D eigenvalue weighted by Crippen LogP contribution is -2.39. The molecule has 2 heterocycles. The first kappa shape index (κ1) is 24.3. The molecule has 37 heavy (non-hydrogen) atoms. The average molecular weight is 510 g/mol. The van der Waals surface area contributed by atoms with E-state index in [-0.39, 0.29) is 29.8 Å². The molecule has 190 valence electrons. The van der Waals surface area contributed by atoms with Crippen LogP contribution in [-0.2, 0) is 16.0 Å². The molecule has 4 amide bonds. The third-order valence-corrected chi connectivity index (χ3v) is 6.43. The summed E-state index contributed by atoms with van der Waals surface area (Å²) in [6.45, 7) is 1.84. The molecule has 1 aliphatic carbocycles. The van der Waals surface area contributed by atoms with Crippen LogP contribution >= 0.6 is 0 Å². The molecular weight excluding hydrogens is 489 g/mol. The number of halogens is 3. The van der Waals surface area contributed by atoms with E-state index < -0.39 is 29.6 Å². The van der Waals surface area contributed by atoms with E-state index >= 15 is 0 Å². The van der Waals surface area contributed by atoms with Gasteiger partial charge in [-0.2, -0.15) is 0 Å². The zero-order chi connectivity index (χ0) is 26.4. The van der Waals surface area contributed by atoms with Crippen molar-refractivity contribution in [1.29, 1.82) is 0 Å². The Bertz CT molecular complexity index is 1360. The maximum atomic E-state index is 13.5. The van der Waals surface area contributed by atoms with Crippen molar-refractivity contribution in [2.45, 2.75) is 31.7 Å². The van der Waals surface area contributed by atoms with Gasteiger partial charge in [0.15, 0.2) is 0 Å². The number of alkyl halides is 3. The molecular formula is C26H21F3N4O4. The minimum absolute atomic E-state index is 0.121. The highest BCUT2D eigenvalue weighted by Crippen LogP contribution is 2.55. The van der Waals surface area contributed by atoms with Crippen molar-refractivity contribution in [3.05, 3.63) is 78.5 Å². The summed E-state index contributed by atoms with van der Waals surface area (Å²) in [5.74, 6) is -1.16. The number of urea groups is 1. The lowest BCUT2D eigenvalue weighted by Gasteiger charge is -2.22. The normalized spacial score (nSPS) is 20.9. The lowest BCUT2D eigenvalue weighted by molar-refractivity contribution is -0.274. The molecule has 2 fully saturated rings. The quantitative estimate of drug-likeness (QED) is 0.476. The maximum absolute atomic E-state index is 13.5. The third kappa shape index (κ3) is 4.59. The molecule has 0 radical (unpaired) electrons. The van der Waals surface area contributed by atoms with Crippen LogP contribution in [0.3, 0.4) is 0 Å². The van der Waals surface area contributed by atoms with Crippen LogP contribution in [0.4, 0.5) is 35.2 Å². The summed E-state index contributed by atoms with van der Waals surface area (Å²) in [5.41, 5.74) is 0.193. The average Bonchev–Trinajstić information content (AvgIpc) is 3.45. The van der Waals surface area contributed by atoms with Crippen molar-refractivity contribution < 1.29 is 32.3 Å². The maximum Gasteiger partial charge on any atom is 0.573 e. The van der Waals surface area contributed by atoms with Crippen molar-refractivity contribution in [3.8, 4) is 5.75 Å². The van der Waals surface area contributed by atoms with Crippen molar-refractivity contribution in [1.82, 2.24) is 4.98 Å². The van der Waals surface area contributed by atoms with E-state index in [1.807, 2.05) is 37.3 Å². The van der Waals surface area contributed by atoms with Crippen LogP contribution in [0.1, 0.15) is 18.9 Å². The zero-order valence-electron chi connectivity index (χ0n) is 19.5. The molecule has 1 aliphatic heterocycles. The molecule has 0 bridgehead atoms. The van der Waals surface area contributed by atoms with Crippen molar-refractivity contribution in [2.24, 2.45) is 5.92 Å². The first-order valence-corrected chi connectivity index (χ1v) is 11.4. The first-order valence-electron chi connectivity index (χ1n) is 11.4.